The fourth-order valence-electron chi connectivity index (χ4n) is 4.48. The molecule has 3 aliphatic rings. The van der Waals surface area contributed by atoms with Crippen molar-refractivity contribution in [2.24, 2.45) is 17.8 Å². The van der Waals surface area contributed by atoms with Crippen molar-refractivity contribution in [3.63, 3.8) is 0 Å². The summed E-state index contributed by atoms with van der Waals surface area (Å²) in [7, 11) is 0. The Hall–Kier alpha value is -2.44. The first-order valence-corrected chi connectivity index (χ1v) is 8.97. The Labute approximate surface area is 145 Å². The molecular weight excluding hydrogens is 318 g/mol. The average Bonchev–Trinajstić information content (AvgIpc) is 3.03. The molecule has 5 rings (SSSR count). The van der Waals surface area contributed by atoms with Crippen LogP contribution in [0.4, 0.5) is 11.6 Å². The maximum Gasteiger partial charge on any atom is 0.303 e. The lowest BCUT2D eigenvalue weighted by Crippen LogP contribution is -2.46. The second-order valence-corrected chi connectivity index (χ2v) is 7.55. The Morgan fingerprint density at radius 3 is 2.68 bits per heavy atom. The van der Waals surface area contributed by atoms with Crippen LogP contribution in [0.25, 0.3) is 11.0 Å². The quantitative estimate of drug-likeness (QED) is 0.909. The van der Waals surface area contributed by atoms with Crippen LogP contribution in [-0.2, 0) is 4.79 Å². The van der Waals surface area contributed by atoms with Gasteiger partial charge in [0.25, 0.3) is 0 Å². The van der Waals surface area contributed by atoms with Crippen molar-refractivity contribution in [1.82, 2.24) is 15.0 Å². The van der Waals surface area contributed by atoms with Gasteiger partial charge in [-0.1, -0.05) is 0 Å². The number of pyridine rings is 1. The molecule has 0 amide bonds. The molecule has 2 aliphatic heterocycles. The lowest BCUT2D eigenvalue weighted by atomic mass is 10.1. The van der Waals surface area contributed by atoms with Gasteiger partial charge >= 0.3 is 5.97 Å². The smallest absolute Gasteiger partial charge is 0.303 e. The largest absolute Gasteiger partial charge is 0.481 e. The van der Waals surface area contributed by atoms with E-state index >= 15 is 0 Å². The zero-order chi connectivity index (χ0) is 17.1. The van der Waals surface area contributed by atoms with Crippen LogP contribution in [-0.4, -0.2) is 51.7 Å². The molecule has 7 heteroatoms. The van der Waals surface area contributed by atoms with Gasteiger partial charge in [-0.3, -0.25) is 9.78 Å². The number of aliphatic carboxylic acids is 1. The van der Waals surface area contributed by atoms with Crippen LogP contribution in [0.15, 0.2) is 18.5 Å². The number of carboxylic acids is 1. The van der Waals surface area contributed by atoms with Gasteiger partial charge in [0.15, 0.2) is 5.82 Å². The summed E-state index contributed by atoms with van der Waals surface area (Å²) >= 11 is 0. The van der Waals surface area contributed by atoms with Crippen LogP contribution < -0.4 is 9.80 Å². The minimum atomic E-state index is -0.681. The lowest BCUT2D eigenvalue weighted by Gasteiger charge is -2.40. The molecule has 0 spiro atoms. The van der Waals surface area contributed by atoms with E-state index in [9.17, 15) is 4.79 Å². The molecule has 0 aromatic carbocycles. The second kappa shape index (κ2) is 5.28. The normalized spacial score (nSPS) is 30.3. The predicted octanol–water partition coefficient (Wildman–Crippen LogP) is 1.78. The molecule has 4 heterocycles. The van der Waals surface area contributed by atoms with E-state index in [1.807, 2.05) is 6.07 Å². The minimum Gasteiger partial charge on any atom is -0.481 e. The van der Waals surface area contributed by atoms with Crippen molar-refractivity contribution in [1.29, 1.82) is 0 Å². The Balaban J connectivity index is 1.44. The first-order chi connectivity index (χ1) is 12.1. The average molecular weight is 339 g/mol. The number of hydrogen-bond acceptors (Lipinski definition) is 6. The maximum absolute atomic E-state index is 10.9. The molecule has 1 saturated carbocycles. The van der Waals surface area contributed by atoms with Gasteiger partial charge in [-0.05, 0) is 31.1 Å². The van der Waals surface area contributed by atoms with Crippen LogP contribution in [0, 0.1) is 17.8 Å². The molecule has 3 fully saturated rings. The fraction of sp³-hybridized carbons (Fsp3) is 0.556. The highest BCUT2D eigenvalue weighted by Crippen LogP contribution is 2.54. The Kier molecular flexibility index (Phi) is 3.14. The lowest BCUT2D eigenvalue weighted by molar-refractivity contribution is -0.137. The number of piperidine rings is 1. The summed E-state index contributed by atoms with van der Waals surface area (Å²) in [6.07, 6.45) is 4.92. The van der Waals surface area contributed by atoms with Crippen LogP contribution in [0.2, 0.25) is 0 Å². The number of carboxylic acid groups (broad SMARTS) is 1. The monoisotopic (exact) mass is 339 g/mol. The van der Waals surface area contributed by atoms with E-state index in [4.69, 9.17) is 10.1 Å². The number of carbonyl (C=O) groups is 1. The third-order valence-electron chi connectivity index (χ3n) is 6.12. The standard InChI is InChI=1S/C18H21N5O2/c1-10-2-5-23(10)18-17-14(19-3-4-20-17)7-15(21-18)22-8-12-11(6-16(24)25)13(12)9-22/h3-4,7,10-13H,2,5-6,8-9H2,1H3,(H,24,25)/t10-,11-,12-,13+/m0/s1. The van der Waals surface area contributed by atoms with Gasteiger partial charge < -0.3 is 14.9 Å². The number of fused-ring (bicyclic) bond motifs is 2. The molecule has 0 radical (unpaired) electrons. The second-order valence-electron chi connectivity index (χ2n) is 7.55. The van der Waals surface area contributed by atoms with E-state index < -0.39 is 5.97 Å². The van der Waals surface area contributed by atoms with E-state index in [-0.39, 0.29) is 0 Å². The van der Waals surface area contributed by atoms with Gasteiger partial charge in [0.2, 0.25) is 0 Å². The highest BCUT2D eigenvalue weighted by Gasteiger charge is 2.56. The summed E-state index contributed by atoms with van der Waals surface area (Å²) in [6.45, 7) is 5.02. The number of anilines is 2. The number of nitrogens with zero attached hydrogens (tertiary/aromatic N) is 5. The highest BCUT2D eigenvalue weighted by molar-refractivity contribution is 5.88. The molecule has 4 atom stereocenters. The summed E-state index contributed by atoms with van der Waals surface area (Å²) in [5, 5.41) is 8.99. The molecule has 25 heavy (non-hydrogen) atoms. The SMILES string of the molecule is C[C@H]1CCN1c1nc(N2C[C@@H]3[C@@H](CC(=O)O)[C@@H]3C2)cc2nccnc12. The van der Waals surface area contributed by atoms with E-state index in [1.165, 1.54) is 6.42 Å². The van der Waals surface area contributed by atoms with Crippen LogP contribution in [0.5, 0.6) is 0 Å². The van der Waals surface area contributed by atoms with E-state index in [0.717, 1.165) is 42.3 Å². The van der Waals surface area contributed by atoms with Crippen LogP contribution in [0.1, 0.15) is 19.8 Å². The molecule has 7 nitrogen and oxygen atoms in total. The summed E-state index contributed by atoms with van der Waals surface area (Å²) in [5.41, 5.74) is 1.75. The minimum absolute atomic E-state index is 0.302. The van der Waals surface area contributed by atoms with Gasteiger partial charge in [-0.25, -0.2) is 9.97 Å². The van der Waals surface area contributed by atoms with Crippen molar-refractivity contribution in [3.05, 3.63) is 18.5 Å². The van der Waals surface area contributed by atoms with Crippen molar-refractivity contribution in [2.75, 3.05) is 29.4 Å². The molecular formula is C18H21N5O2. The Morgan fingerprint density at radius 2 is 2.04 bits per heavy atom. The van der Waals surface area contributed by atoms with Crippen molar-refractivity contribution in [3.8, 4) is 0 Å². The van der Waals surface area contributed by atoms with E-state index in [1.54, 1.807) is 12.4 Å². The van der Waals surface area contributed by atoms with Gasteiger partial charge in [-0.15, -0.1) is 0 Å². The first kappa shape index (κ1) is 14.9. The fourth-order valence-corrected chi connectivity index (χ4v) is 4.48. The predicted molar refractivity (Wildman–Crippen MR) is 93.7 cm³/mol. The molecule has 2 aromatic rings. The maximum atomic E-state index is 10.9. The third-order valence-corrected chi connectivity index (χ3v) is 6.12. The topological polar surface area (TPSA) is 82.5 Å². The van der Waals surface area contributed by atoms with E-state index in [2.05, 4.69) is 26.7 Å². The zero-order valence-electron chi connectivity index (χ0n) is 14.2. The van der Waals surface area contributed by atoms with Crippen molar-refractivity contribution < 1.29 is 9.90 Å². The molecule has 130 valence electrons. The third kappa shape index (κ3) is 2.33. The van der Waals surface area contributed by atoms with Crippen LogP contribution in [0.3, 0.4) is 0 Å². The summed E-state index contributed by atoms with van der Waals surface area (Å²) < 4.78 is 0. The number of rotatable bonds is 4. The van der Waals surface area contributed by atoms with Gasteiger partial charge in [0.1, 0.15) is 11.3 Å². The number of aromatic nitrogens is 3. The summed E-state index contributed by atoms with van der Waals surface area (Å²) in [4.78, 5) is 29.4. The molecule has 2 saturated heterocycles. The van der Waals surface area contributed by atoms with Crippen LogP contribution >= 0.6 is 0 Å². The van der Waals surface area contributed by atoms with E-state index in [0.29, 0.717) is 30.2 Å². The summed E-state index contributed by atoms with van der Waals surface area (Å²) in [6, 6.07) is 2.51. The molecule has 0 bridgehead atoms. The Bertz CT molecular complexity index is 844. The molecule has 2 aromatic heterocycles. The molecule has 1 aliphatic carbocycles. The van der Waals surface area contributed by atoms with Gasteiger partial charge in [0.05, 0.1) is 5.52 Å². The first-order valence-electron chi connectivity index (χ1n) is 8.97. The zero-order valence-corrected chi connectivity index (χ0v) is 14.2. The number of hydrogen-bond donors (Lipinski definition) is 1. The van der Waals surface area contributed by atoms with Gasteiger partial charge in [0, 0.05) is 50.6 Å². The molecule has 0 unspecified atom stereocenters. The van der Waals surface area contributed by atoms with Crippen molar-refractivity contribution >= 4 is 28.6 Å². The molecule has 1 N–H and O–H groups in total. The Morgan fingerprint density at radius 1 is 1.28 bits per heavy atom. The highest BCUT2D eigenvalue weighted by atomic mass is 16.4. The van der Waals surface area contributed by atoms with Crippen molar-refractivity contribution in [2.45, 2.75) is 25.8 Å². The summed E-state index contributed by atoms with van der Waals surface area (Å²) in [5.74, 6) is 2.55. The van der Waals surface area contributed by atoms with Gasteiger partial charge in [-0.2, -0.15) is 0 Å².